The summed E-state index contributed by atoms with van der Waals surface area (Å²) in [5.74, 6) is 0. The standard InChI is InChI=1S/C44H42N2O4S2/c47-43-27-9-1-5-13-35(27)49-37-21-25(17-19-29(37)43)45-31-11-3-7-15-39(31)51-41-24-34-42(23-33(41)45)52-40-16-8-4-12-32(40)46(34)26-18-20-30-38(22-26)50-36-14-6-2-10-28(36)44(30)48/h1-2,5-6,9-10,13-14,17-22,31-34,39-42H,3-4,7-8,11-12,15-16,23-24H2. The number of nitrogens with zero attached hydrogens (tertiary/aromatic N) is 2. The van der Waals surface area contributed by atoms with E-state index in [1.54, 1.807) is 0 Å². The van der Waals surface area contributed by atoms with Crippen LogP contribution in [0.2, 0.25) is 0 Å². The lowest BCUT2D eigenvalue weighted by Gasteiger charge is -2.61. The van der Waals surface area contributed by atoms with Crippen LogP contribution >= 0.6 is 23.5 Å². The van der Waals surface area contributed by atoms with Crippen LogP contribution in [-0.4, -0.2) is 45.2 Å². The molecule has 4 aromatic carbocycles. The molecular weight excluding hydrogens is 685 g/mol. The van der Waals surface area contributed by atoms with Crippen molar-refractivity contribution in [3.8, 4) is 0 Å². The van der Waals surface area contributed by atoms with Crippen molar-refractivity contribution in [1.82, 2.24) is 0 Å². The summed E-state index contributed by atoms with van der Waals surface area (Å²) in [6.07, 6.45) is 12.4. The molecule has 2 saturated heterocycles. The van der Waals surface area contributed by atoms with E-state index in [0.717, 1.165) is 12.8 Å². The molecule has 6 nitrogen and oxygen atoms in total. The van der Waals surface area contributed by atoms with Gasteiger partial charge in [0.1, 0.15) is 22.3 Å². The van der Waals surface area contributed by atoms with Crippen molar-refractivity contribution in [2.24, 2.45) is 0 Å². The average Bonchev–Trinajstić information content (AvgIpc) is 3.18. The second-order valence-corrected chi connectivity index (χ2v) is 18.7. The molecule has 3 saturated carbocycles. The molecule has 6 aromatic rings. The highest BCUT2D eigenvalue weighted by molar-refractivity contribution is 8.01. The lowest BCUT2D eigenvalue weighted by molar-refractivity contribution is 0.287. The topological polar surface area (TPSA) is 66.9 Å². The van der Waals surface area contributed by atoms with Crippen LogP contribution < -0.4 is 20.7 Å². The van der Waals surface area contributed by atoms with Crippen molar-refractivity contribution in [3.63, 3.8) is 0 Å². The zero-order chi connectivity index (χ0) is 34.5. The monoisotopic (exact) mass is 726 g/mol. The van der Waals surface area contributed by atoms with Gasteiger partial charge in [-0.2, -0.15) is 23.5 Å². The summed E-state index contributed by atoms with van der Waals surface area (Å²) in [5, 5.41) is 4.82. The van der Waals surface area contributed by atoms with Crippen LogP contribution in [-0.2, 0) is 0 Å². The molecule has 5 fully saturated rings. The molecule has 2 aliphatic heterocycles. The highest BCUT2D eigenvalue weighted by atomic mass is 32.2. The first-order valence-electron chi connectivity index (χ1n) is 19.4. The van der Waals surface area contributed by atoms with Crippen molar-refractivity contribution in [2.45, 2.75) is 109 Å². The molecule has 0 radical (unpaired) electrons. The van der Waals surface area contributed by atoms with Crippen LogP contribution in [0.3, 0.4) is 0 Å². The number of para-hydroxylation sites is 2. The Hall–Kier alpha value is -3.88. The predicted molar refractivity (Wildman–Crippen MR) is 217 cm³/mol. The molecule has 52 heavy (non-hydrogen) atoms. The molecule has 0 bridgehead atoms. The molecule has 0 amide bonds. The number of thioether (sulfide) groups is 2. The molecule has 8 heteroatoms. The Morgan fingerprint density at radius 3 is 1.37 bits per heavy atom. The van der Waals surface area contributed by atoms with E-state index < -0.39 is 0 Å². The number of rotatable bonds is 2. The van der Waals surface area contributed by atoms with Gasteiger partial charge in [0.2, 0.25) is 10.9 Å². The molecule has 8 unspecified atom stereocenters. The zero-order valence-corrected chi connectivity index (χ0v) is 30.7. The fourth-order valence-corrected chi connectivity index (χ4v) is 14.6. The quantitative estimate of drug-likeness (QED) is 0.164. The summed E-state index contributed by atoms with van der Waals surface area (Å²) >= 11 is 4.57. The Labute approximate surface area is 310 Å². The molecule has 0 N–H and O–H groups in total. The Kier molecular flexibility index (Phi) is 7.51. The highest BCUT2D eigenvalue weighted by Gasteiger charge is 2.54. The first-order chi connectivity index (χ1) is 25.6. The smallest absolute Gasteiger partial charge is 0.200 e. The van der Waals surface area contributed by atoms with Gasteiger partial charge in [0.15, 0.2) is 0 Å². The normalized spacial score (nSPS) is 30.2. The number of fused-ring (bicyclic) bond motifs is 8. The minimum Gasteiger partial charge on any atom is -0.456 e. The Bertz CT molecular complexity index is 2320. The van der Waals surface area contributed by atoms with Gasteiger partial charge in [-0.3, -0.25) is 9.59 Å². The van der Waals surface area contributed by atoms with E-state index in [1.165, 1.54) is 62.7 Å². The average molecular weight is 727 g/mol. The summed E-state index contributed by atoms with van der Waals surface area (Å²) in [7, 11) is 0. The van der Waals surface area contributed by atoms with Gasteiger partial charge >= 0.3 is 0 Å². The van der Waals surface area contributed by atoms with Gasteiger partial charge in [0.25, 0.3) is 0 Å². The maximum absolute atomic E-state index is 13.5. The minimum absolute atomic E-state index is 0.0495. The largest absolute Gasteiger partial charge is 0.456 e. The van der Waals surface area contributed by atoms with E-state index in [4.69, 9.17) is 8.83 Å². The van der Waals surface area contributed by atoms with E-state index in [2.05, 4.69) is 57.6 Å². The summed E-state index contributed by atoms with van der Waals surface area (Å²) in [6.45, 7) is 0. The summed E-state index contributed by atoms with van der Waals surface area (Å²) in [4.78, 5) is 32.6. The first kappa shape index (κ1) is 31.6. The van der Waals surface area contributed by atoms with Crippen molar-refractivity contribution in [1.29, 1.82) is 0 Å². The molecule has 264 valence electrons. The van der Waals surface area contributed by atoms with E-state index >= 15 is 0 Å². The van der Waals surface area contributed by atoms with Gasteiger partial charge in [-0.05, 0) is 87.1 Å². The van der Waals surface area contributed by atoms with Crippen molar-refractivity contribution < 1.29 is 8.83 Å². The molecule has 3 aliphatic carbocycles. The third-order valence-electron chi connectivity index (χ3n) is 13.0. The predicted octanol–water partition coefficient (Wildman–Crippen LogP) is 9.90. The summed E-state index contributed by atoms with van der Waals surface area (Å²) in [5.41, 5.74) is 5.21. The number of anilines is 2. The van der Waals surface area contributed by atoms with Gasteiger partial charge in [-0.15, -0.1) is 0 Å². The summed E-state index contributed by atoms with van der Waals surface area (Å²) in [6, 6.07) is 29.9. The molecule has 4 heterocycles. The van der Waals surface area contributed by atoms with Gasteiger partial charge in [-0.1, -0.05) is 49.9 Å². The maximum atomic E-state index is 13.5. The van der Waals surface area contributed by atoms with Crippen molar-refractivity contribution >= 4 is 78.8 Å². The van der Waals surface area contributed by atoms with Crippen molar-refractivity contribution in [3.05, 3.63) is 105 Å². The van der Waals surface area contributed by atoms with Crippen LogP contribution in [0.25, 0.3) is 43.9 Å². The fraction of sp³-hybridized carbons (Fsp3) is 0.409. The molecular formula is C44H42N2O4S2. The van der Waals surface area contributed by atoms with Crippen LogP contribution in [0.1, 0.15) is 64.2 Å². The zero-order valence-electron chi connectivity index (χ0n) is 29.1. The van der Waals surface area contributed by atoms with E-state index in [0.29, 0.717) is 89.0 Å². The number of benzene rings is 4. The van der Waals surface area contributed by atoms with E-state index in [9.17, 15) is 9.59 Å². The Morgan fingerprint density at radius 1 is 0.462 bits per heavy atom. The fourth-order valence-electron chi connectivity index (χ4n) is 10.7. The molecule has 5 aliphatic rings. The Balaban J connectivity index is 0.996. The number of hydrogen-bond acceptors (Lipinski definition) is 8. The SMILES string of the molecule is O=c1c2ccccc2oc2cc(N3C4CCCCC4SC4CC5C(CC43)SC3CCCCC3N5c3ccc4c(=O)c5ccccc5oc4c3)ccc12. The second kappa shape index (κ2) is 12.3. The molecule has 0 spiro atoms. The summed E-state index contributed by atoms with van der Waals surface area (Å²) < 4.78 is 12.9. The first-order valence-corrected chi connectivity index (χ1v) is 21.3. The van der Waals surface area contributed by atoms with Crippen LogP contribution in [0.4, 0.5) is 11.4 Å². The third-order valence-corrected chi connectivity index (χ3v) is 16.5. The maximum Gasteiger partial charge on any atom is 0.200 e. The van der Waals surface area contributed by atoms with Gasteiger partial charge in [-0.25, -0.2) is 0 Å². The minimum atomic E-state index is 0.0495. The third kappa shape index (κ3) is 4.92. The molecule has 11 rings (SSSR count). The molecule has 8 atom stereocenters. The Morgan fingerprint density at radius 2 is 0.885 bits per heavy atom. The lowest BCUT2D eigenvalue weighted by atomic mass is 9.82. The van der Waals surface area contributed by atoms with Crippen LogP contribution in [0.5, 0.6) is 0 Å². The van der Waals surface area contributed by atoms with Crippen LogP contribution in [0.15, 0.2) is 103 Å². The lowest BCUT2D eigenvalue weighted by Crippen LogP contribution is -2.67. The van der Waals surface area contributed by atoms with Gasteiger partial charge < -0.3 is 18.6 Å². The molecule has 2 aromatic heterocycles. The van der Waals surface area contributed by atoms with Gasteiger partial charge in [0, 0.05) is 68.7 Å². The van der Waals surface area contributed by atoms with E-state index in [1.807, 2.05) is 60.7 Å². The number of hydrogen-bond donors (Lipinski definition) is 0. The van der Waals surface area contributed by atoms with Gasteiger partial charge in [0.05, 0.1) is 21.5 Å². The van der Waals surface area contributed by atoms with E-state index in [-0.39, 0.29) is 10.9 Å². The second-order valence-electron chi connectivity index (χ2n) is 15.8. The van der Waals surface area contributed by atoms with Crippen molar-refractivity contribution in [2.75, 3.05) is 9.80 Å². The van der Waals surface area contributed by atoms with Crippen LogP contribution in [0, 0.1) is 0 Å². The highest BCUT2D eigenvalue weighted by Crippen LogP contribution is 2.55.